The van der Waals surface area contributed by atoms with Crippen molar-refractivity contribution < 1.29 is 14.0 Å². The van der Waals surface area contributed by atoms with Gasteiger partial charge in [0.1, 0.15) is 5.76 Å². The lowest BCUT2D eigenvalue weighted by atomic mass is 10.2. The first kappa shape index (κ1) is 19.6. The molecule has 0 saturated carbocycles. The molecule has 1 aliphatic heterocycles. The summed E-state index contributed by atoms with van der Waals surface area (Å²) >= 11 is 3.34. The number of amides is 2. The molecule has 2 N–H and O–H groups in total. The van der Waals surface area contributed by atoms with Crippen LogP contribution in [0.5, 0.6) is 0 Å². The van der Waals surface area contributed by atoms with Gasteiger partial charge < -0.3 is 15.1 Å². The van der Waals surface area contributed by atoms with Crippen LogP contribution in [-0.4, -0.2) is 42.9 Å². The maximum atomic E-state index is 12.2. The maximum absolute atomic E-state index is 12.2. The van der Waals surface area contributed by atoms with E-state index < -0.39 is 0 Å². The molecule has 0 radical (unpaired) electrons. The molecule has 6 nitrogen and oxygen atoms in total. The Bertz CT molecular complexity index is 740. The molecule has 1 aromatic heterocycles. The molecule has 7 heteroatoms. The Labute approximate surface area is 167 Å². The summed E-state index contributed by atoms with van der Waals surface area (Å²) in [5.41, 5.74) is 0.575. The van der Waals surface area contributed by atoms with E-state index >= 15 is 0 Å². The van der Waals surface area contributed by atoms with Gasteiger partial charge in [0.15, 0.2) is 0 Å². The van der Waals surface area contributed by atoms with E-state index in [0.29, 0.717) is 18.7 Å². The summed E-state index contributed by atoms with van der Waals surface area (Å²) in [7, 11) is 0. The lowest BCUT2D eigenvalue weighted by molar-refractivity contribution is -0.121. The Kier molecular flexibility index (Phi) is 7.06. The van der Waals surface area contributed by atoms with Gasteiger partial charge in [0.2, 0.25) is 5.91 Å². The van der Waals surface area contributed by atoms with Gasteiger partial charge in [0, 0.05) is 29.5 Å². The highest BCUT2D eigenvalue weighted by Crippen LogP contribution is 2.24. The van der Waals surface area contributed by atoms with Gasteiger partial charge in [-0.05, 0) is 62.3 Å². The Morgan fingerprint density at radius 3 is 2.52 bits per heavy atom. The Hall–Kier alpha value is -2.12. The monoisotopic (exact) mass is 433 g/mol. The minimum Gasteiger partial charge on any atom is -0.468 e. The van der Waals surface area contributed by atoms with Gasteiger partial charge in [-0.2, -0.15) is 0 Å². The second-order valence-corrected chi connectivity index (χ2v) is 7.51. The third-order valence-corrected chi connectivity index (χ3v) is 5.22. The van der Waals surface area contributed by atoms with E-state index in [1.165, 1.54) is 12.8 Å². The highest BCUT2D eigenvalue weighted by molar-refractivity contribution is 9.10. The average molecular weight is 434 g/mol. The van der Waals surface area contributed by atoms with Gasteiger partial charge in [-0.3, -0.25) is 14.5 Å². The van der Waals surface area contributed by atoms with Crippen LogP contribution >= 0.6 is 15.9 Å². The summed E-state index contributed by atoms with van der Waals surface area (Å²) in [6.07, 6.45) is 4.26. The van der Waals surface area contributed by atoms with Gasteiger partial charge in [-0.15, -0.1) is 0 Å². The molecule has 1 atom stereocenters. The number of carbonyl (C=O) groups is 2. The van der Waals surface area contributed by atoms with Gasteiger partial charge in [0.05, 0.1) is 12.3 Å². The minimum atomic E-state index is -0.180. The van der Waals surface area contributed by atoms with Crippen molar-refractivity contribution in [1.29, 1.82) is 0 Å². The molecule has 1 aromatic carbocycles. The number of hydrogen-bond acceptors (Lipinski definition) is 4. The van der Waals surface area contributed by atoms with Crippen LogP contribution < -0.4 is 10.6 Å². The first-order chi connectivity index (χ1) is 13.1. The van der Waals surface area contributed by atoms with E-state index in [2.05, 4.69) is 31.5 Å². The quantitative estimate of drug-likeness (QED) is 0.670. The third-order valence-electron chi connectivity index (χ3n) is 4.69. The Morgan fingerprint density at radius 1 is 1.11 bits per heavy atom. The number of nitrogens with one attached hydrogen (secondary N) is 2. The molecule has 0 bridgehead atoms. The average Bonchev–Trinajstić information content (AvgIpc) is 3.37. The molecule has 2 heterocycles. The van der Waals surface area contributed by atoms with Crippen LogP contribution in [0.15, 0.2) is 51.6 Å². The lowest BCUT2D eigenvalue weighted by Gasteiger charge is -2.26. The van der Waals surface area contributed by atoms with Crippen LogP contribution in [0.2, 0.25) is 0 Å². The van der Waals surface area contributed by atoms with E-state index in [1.54, 1.807) is 18.4 Å². The zero-order valence-corrected chi connectivity index (χ0v) is 16.7. The number of furan rings is 1. The number of benzene rings is 1. The number of nitrogens with zero attached hydrogens (tertiary/aromatic N) is 1. The van der Waals surface area contributed by atoms with Crippen LogP contribution in [-0.2, 0) is 4.79 Å². The van der Waals surface area contributed by atoms with E-state index in [4.69, 9.17) is 4.42 Å². The molecule has 2 amide bonds. The topological polar surface area (TPSA) is 74.6 Å². The first-order valence-corrected chi connectivity index (χ1v) is 10.0. The summed E-state index contributed by atoms with van der Waals surface area (Å²) < 4.78 is 6.48. The molecule has 1 unspecified atom stereocenters. The molecule has 0 spiro atoms. The second-order valence-electron chi connectivity index (χ2n) is 6.59. The van der Waals surface area contributed by atoms with Crippen molar-refractivity contribution in [2.75, 3.05) is 26.2 Å². The lowest BCUT2D eigenvalue weighted by Crippen LogP contribution is -2.37. The van der Waals surface area contributed by atoms with Crippen molar-refractivity contribution in [3.63, 3.8) is 0 Å². The van der Waals surface area contributed by atoms with Crippen LogP contribution in [0.1, 0.15) is 41.4 Å². The maximum Gasteiger partial charge on any atom is 0.251 e. The van der Waals surface area contributed by atoms with Crippen LogP contribution in [0, 0.1) is 0 Å². The molecular weight excluding hydrogens is 410 g/mol. The molecule has 2 aromatic rings. The molecule has 1 saturated heterocycles. The van der Waals surface area contributed by atoms with Crippen LogP contribution in [0.3, 0.4) is 0 Å². The summed E-state index contributed by atoms with van der Waals surface area (Å²) in [5.74, 6) is 0.614. The fourth-order valence-corrected chi connectivity index (χ4v) is 3.50. The smallest absolute Gasteiger partial charge is 0.251 e. The molecule has 3 rings (SSSR count). The standard InChI is InChI=1S/C20H24BrN3O3/c21-16-7-5-15(6-8-16)20(26)22-10-9-19(25)23-14-17(18-4-3-13-27-18)24-11-1-2-12-24/h3-8,13,17H,1-2,9-12,14H2,(H,22,26)(H,23,25). The van der Waals surface area contributed by atoms with E-state index in [9.17, 15) is 9.59 Å². The minimum absolute atomic E-state index is 0.0591. The van der Waals surface area contributed by atoms with Crippen molar-refractivity contribution in [2.24, 2.45) is 0 Å². The molecule has 1 aliphatic rings. The van der Waals surface area contributed by atoms with Gasteiger partial charge >= 0.3 is 0 Å². The number of halogens is 1. The van der Waals surface area contributed by atoms with Crippen molar-refractivity contribution in [3.8, 4) is 0 Å². The van der Waals surface area contributed by atoms with Gasteiger partial charge in [-0.25, -0.2) is 0 Å². The zero-order valence-electron chi connectivity index (χ0n) is 15.1. The number of rotatable bonds is 8. The van der Waals surface area contributed by atoms with E-state index in [-0.39, 0.29) is 24.3 Å². The Balaban J connectivity index is 1.43. The molecule has 1 fully saturated rings. The number of likely N-dealkylation sites (tertiary alicyclic amines) is 1. The Morgan fingerprint density at radius 2 is 1.85 bits per heavy atom. The molecule has 144 valence electrons. The summed E-state index contributed by atoms with van der Waals surface area (Å²) in [6.45, 7) is 2.85. The number of hydrogen-bond donors (Lipinski definition) is 2. The zero-order chi connectivity index (χ0) is 19.1. The SMILES string of the molecule is O=C(CCNC(=O)c1ccc(Br)cc1)NCC(c1ccco1)N1CCCC1. The normalized spacial score (nSPS) is 15.4. The van der Waals surface area contributed by atoms with Crippen molar-refractivity contribution >= 4 is 27.7 Å². The van der Waals surface area contributed by atoms with E-state index in [0.717, 1.165) is 23.3 Å². The van der Waals surface area contributed by atoms with Crippen molar-refractivity contribution in [1.82, 2.24) is 15.5 Å². The summed E-state index contributed by atoms with van der Waals surface area (Å²) in [4.78, 5) is 26.6. The van der Waals surface area contributed by atoms with Crippen LogP contribution in [0.25, 0.3) is 0 Å². The van der Waals surface area contributed by atoms with E-state index in [1.807, 2.05) is 24.3 Å². The van der Waals surface area contributed by atoms with Crippen molar-refractivity contribution in [2.45, 2.75) is 25.3 Å². The predicted octanol–water partition coefficient (Wildman–Crippen LogP) is 3.12. The highest BCUT2D eigenvalue weighted by Gasteiger charge is 2.25. The molecule has 27 heavy (non-hydrogen) atoms. The highest BCUT2D eigenvalue weighted by atomic mass is 79.9. The van der Waals surface area contributed by atoms with Gasteiger partial charge in [-0.1, -0.05) is 15.9 Å². The molecular formula is C20H24BrN3O3. The second kappa shape index (κ2) is 9.71. The number of carbonyl (C=O) groups excluding carboxylic acids is 2. The third kappa shape index (κ3) is 5.68. The van der Waals surface area contributed by atoms with Crippen molar-refractivity contribution in [3.05, 3.63) is 58.5 Å². The van der Waals surface area contributed by atoms with Crippen LogP contribution in [0.4, 0.5) is 0 Å². The summed E-state index contributed by atoms with van der Waals surface area (Å²) in [6, 6.07) is 11.0. The fraction of sp³-hybridized carbons (Fsp3) is 0.400. The summed E-state index contributed by atoms with van der Waals surface area (Å²) in [5, 5.41) is 5.75. The van der Waals surface area contributed by atoms with Gasteiger partial charge in [0.25, 0.3) is 5.91 Å². The largest absolute Gasteiger partial charge is 0.468 e. The predicted molar refractivity (Wildman–Crippen MR) is 106 cm³/mol. The fourth-order valence-electron chi connectivity index (χ4n) is 3.24. The molecule has 0 aliphatic carbocycles. The first-order valence-electron chi connectivity index (χ1n) is 9.21.